The summed E-state index contributed by atoms with van der Waals surface area (Å²) in [4.78, 5) is 5.75. The maximum absolute atomic E-state index is 6.15. The van der Waals surface area contributed by atoms with Crippen molar-refractivity contribution in [3.8, 4) is 0 Å². The molecule has 0 aliphatic rings. The highest BCUT2D eigenvalue weighted by Crippen LogP contribution is 2.27. The standard InChI is InChI=1S/C14H21N3S.ClH/c1-10(2)9-18-12-6-5-7-17-11(12)8-16-13(17)14(3,4)15;/h5-8,10H,9,15H2,1-4H3;1H. The van der Waals surface area contributed by atoms with Gasteiger partial charge in [-0.25, -0.2) is 4.98 Å². The van der Waals surface area contributed by atoms with Crippen molar-refractivity contribution in [3.05, 3.63) is 30.4 Å². The summed E-state index contributed by atoms with van der Waals surface area (Å²) in [5.74, 6) is 2.71. The Morgan fingerprint density at radius 2 is 2.11 bits per heavy atom. The van der Waals surface area contributed by atoms with Crippen molar-refractivity contribution in [1.82, 2.24) is 9.38 Å². The maximum atomic E-state index is 6.15. The Kier molecular flexibility index (Phi) is 5.30. The molecule has 2 N–H and O–H groups in total. The Morgan fingerprint density at radius 1 is 1.42 bits per heavy atom. The molecule has 5 heteroatoms. The summed E-state index contributed by atoms with van der Waals surface area (Å²) in [5.41, 5.74) is 6.88. The lowest BCUT2D eigenvalue weighted by atomic mass is 10.1. The average Bonchev–Trinajstić information content (AvgIpc) is 2.69. The van der Waals surface area contributed by atoms with E-state index in [2.05, 4.69) is 35.4 Å². The summed E-state index contributed by atoms with van der Waals surface area (Å²) >= 11 is 1.88. The van der Waals surface area contributed by atoms with Gasteiger partial charge in [-0.15, -0.1) is 24.2 Å². The third-order valence-corrected chi connectivity index (χ3v) is 4.17. The Morgan fingerprint density at radius 3 is 2.68 bits per heavy atom. The van der Waals surface area contributed by atoms with Crippen LogP contribution in [0.1, 0.15) is 33.5 Å². The normalized spacial score (nSPS) is 11.9. The molecule has 19 heavy (non-hydrogen) atoms. The second-order valence-corrected chi connectivity index (χ2v) is 6.70. The van der Waals surface area contributed by atoms with E-state index in [-0.39, 0.29) is 12.4 Å². The molecule has 0 amide bonds. The third kappa shape index (κ3) is 3.65. The highest BCUT2D eigenvalue weighted by Gasteiger charge is 2.20. The Bertz CT molecular complexity index is 543. The van der Waals surface area contributed by atoms with Crippen LogP contribution in [-0.2, 0) is 5.54 Å². The van der Waals surface area contributed by atoms with Gasteiger partial charge in [0, 0.05) is 16.8 Å². The summed E-state index contributed by atoms with van der Waals surface area (Å²) < 4.78 is 2.10. The van der Waals surface area contributed by atoms with Gasteiger partial charge in [-0.1, -0.05) is 13.8 Å². The first kappa shape index (κ1) is 16.3. The van der Waals surface area contributed by atoms with E-state index in [1.807, 2.05) is 38.0 Å². The van der Waals surface area contributed by atoms with Crippen LogP contribution in [0.25, 0.3) is 5.52 Å². The number of imidazole rings is 1. The van der Waals surface area contributed by atoms with Crippen LogP contribution >= 0.6 is 24.2 Å². The molecule has 2 rings (SSSR count). The summed E-state index contributed by atoms with van der Waals surface area (Å²) in [6, 6.07) is 4.21. The van der Waals surface area contributed by atoms with Crippen molar-refractivity contribution < 1.29 is 0 Å². The number of hydrogen-bond donors (Lipinski definition) is 1. The van der Waals surface area contributed by atoms with Crippen LogP contribution in [0.4, 0.5) is 0 Å². The van der Waals surface area contributed by atoms with Crippen LogP contribution < -0.4 is 5.73 Å². The van der Waals surface area contributed by atoms with Crippen molar-refractivity contribution in [2.75, 3.05) is 5.75 Å². The van der Waals surface area contributed by atoms with E-state index in [0.717, 1.165) is 17.1 Å². The first-order chi connectivity index (χ1) is 8.39. The van der Waals surface area contributed by atoms with Gasteiger partial charge < -0.3 is 10.1 Å². The Hall–Kier alpha value is -0.710. The van der Waals surface area contributed by atoms with Crippen LogP contribution in [0.2, 0.25) is 0 Å². The van der Waals surface area contributed by atoms with Crippen molar-refractivity contribution in [2.24, 2.45) is 11.7 Å². The van der Waals surface area contributed by atoms with E-state index in [1.54, 1.807) is 0 Å². The molecule has 2 heterocycles. The van der Waals surface area contributed by atoms with E-state index >= 15 is 0 Å². The molecule has 0 saturated heterocycles. The quantitative estimate of drug-likeness (QED) is 0.876. The molecule has 0 aliphatic heterocycles. The monoisotopic (exact) mass is 299 g/mol. The van der Waals surface area contributed by atoms with Crippen molar-refractivity contribution >= 4 is 29.7 Å². The van der Waals surface area contributed by atoms with E-state index in [0.29, 0.717) is 5.92 Å². The minimum atomic E-state index is -0.423. The van der Waals surface area contributed by atoms with E-state index < -0.39 is 5.54 Å². The SMILES string of the molecule is CC(C)CSc1cccn2c(C(C)(C)N)ncc12.Cl. The van der Waals surface area contributed by atoms with Gasteiger partial charge in [0.15, 0.2) is 0 Å². The number of fused-ring (bicyclic) bond motifs is 1. The first-order valence-corrected chi connectivity index (χ1v) is 7.26. The molecular formula is C14H22ClN3S. The van der Waals surface area contributed by atoms with E-state index in [1.165, 1.54) is 4.90 Å². The van der Waals surface area contributed by atoms with Gasteiger partial charge in [0.1, 0.15) is 5.82 Å². The molecule has 2 aromatic rings. The highest BCUT2D eigenvalue weighted by atomic mass is 35.5. The Balaban J connectivity index is 0.00000180. The van der Waals surface area contributed by atoms with E-state index in [9.17, 15) is 0 Å². The molecule has 0 aliphatic carbocycles. The average molecular weight is 300 g/mol. The summed E-state index contributed by atoms with van der Waals surface area (Å²) in [5, 5.41) is 0. The van der Waals surface area contributed by atoms with Gasteiger partial charge in [0.05, 0.1) is 17.3 Å². The first-order valence-electron chi connectivity index (χ1n) is 6.28. The molecule has 106 valence electrons. The number of halogens is 1. The van der Waals surface area contributed by atoms with Crippen LogP contribution in [0.3, 0.4) is 0 Å². The number of nitrogens with zero attached hydrogens (tertiary/aromatic N) is 2. The second-order valence-electron chi connectivity index (χ2n) is 5.64. The molecule has 3 nitrogen and oxygen atoms in total. The summed E-state index contributed by atoms with van der Waals surface area (Å²) in [7, 11) is 0. The van der Waals surface area contributed by atoms with Crippen molar-refractivity contribution in [2.45, 2.75) is 38.1 Å². The number of thioether (sulfide) groups is 1. The molecule has 0 unspecified atom stereocenters. The van der Waals surface area contributed by atoms with Crippen LogP contribution in [0, 0.1) is 5.92 Å². The van der Waals surface area contributed by atoms with Gasteiger partial charge in [-0.3, -0.25) is 0 Å². The van der Waals surface area contributed by atoms with Gasteiger partial charge in [0.2, 0.25) is 0 Å². The molecule has 0 bridgehead atoms. The summed E-state index contributed by atoms with van der Waals surface area (Å²) in [6.45, 7) is 8.43. The lowest BCUT2D eigenvalue weighted by molar-refractivity contribution is 0.511. The van der Waals surface area contributed by atoms with Crippen LogP contribution in [0.15, 0.2) is 29.4 Å². The molecule has 0 fully saturated rings. The number of pyridine rings is 1. The lowest BCUT2D eigenvalue weighted by Gasteiger charge is -2.17. The van der Waals surface area contributed by atoms with Crippen LogP contribution in [0.5, 0.6) is 0 Å². The molecule has 0 atom stereocenters. The Labute approximate surface area is 125 Å². The van der Waals surface area contributed by atoms with E-state index in [4.69, 9.17) is 5.73 Å². The topological polar surface area (TPSA) is 43.3 Å². The van der Waals surface area contributed by atoms with Crippen molar-refractivity contribution in [3.63, 3.8) is 0 Å². The van der Waals surface area contributed by atoms with Gasteiger partial charge >= 0.3 is 0 Å². The number of rotatable bonds is 4. The number of hydrogen-bond acceptors (Lipinski definition) is 3. The zero-order valence-electron chi connectivity index (χ0n) is 11.9. The number of nitrogens with two attached hydrogens (primary N) is 1. The molecule has 0 radical (unpaired) electrons. The fourth-order valence-corrected chi connectivity index (χ4v) is 2.84. The molecule has 0 saturated carbocycles. The second kappa shape index (κ2) is 6.16. The van der Waals surface area contributed by atoms with Gasteiger partial charge in [-0.05, 0) is 31.9 Å². The predicted molar refractivity (Wildman–Crippen MR) is 85.2 cm³/mol. The fourth-order valence-electron chi connectivity index (χ4n) is 1.85. The van der Waals surface area contributed by atoms with Gasteiger partial charge in [-0.2, -0.15) is 0 Å². The number of aromatic nitrogens is 2. The minimum Gasteiger partial charge on any atom is -0.319 e. The molecule has 0 aromatic carbocycles. The maximum Gasteiger partial charge on any atom is 0.132 e. The minimum absolute atomic E-state index is 0. The fraction of sp³-hybridized carbons (Fsp3) is 0.500. The molecular weight excluding hydrogens is 278 g/mol. The third-order valence-electron chi connectivity index (χ3n) is 2.68. The zero-order valence-corrected chi connectivity index (χ0v) is 13.5. The predicted octanol–water partition coefficient (Wildman–Crippen LogP) is 3.70. The molecule has 2 aromatic heterocycles. The highest BCUT2D eigenvalue weighted by molar-refractivity contribution is 7.99. The van der Waals surface area contributed by atoms with Gasteiger partial charge in [0.25, 0.3) is 0 Å². The lowest BCUT2D eigenvalue weighted by Crippen LogP contribution is -2.31. The van der Waals surface area contributed by atoms with Crippen molar-refractivity contribution in [1.29, 1.82) is 0 Å². The zero-order chi connectivity index (χ0) is 13.3. The summed E-state index contributed by atoms with van der Waals surface area (Å²) in [6.07, 6.45) is 3.96. The largest absolute Gasteiger partial charge is 0.319 e. The smallest absolute Gasteiger partial charge is 0.132 e. The molecule has 0 spiro atoms. The van der Waals surface area contributed by atoms with Crippen LogP contribution in [-0.4, -0.2) is 15.1 Å².